The Bertz CT molecular complexity index is 900. The highest BCUT2D eigenvalue weighted by molar-refractivity contribution is 6.00. The number of amides is 1. The minimum absolute atomic E-state index is 0.0891. The van der Waals surface area contributed by atoms with E-state index >= 15 is 0 Å². The van der Waals surface area contributed by atoms with E-state index in [9.17, 15) is 9.18 Å². The smallest absolute Gasteiger partial charge is 0.251 e. The Morgan fingerprint density at radius 1 is 0.926 bits per heavy atom. The van der Waals surface area contributed by atoms with Gasteiger partial charge < -0.3 is 14.8 Å². The lowest BCUT2D eigenvalue weighted by Gasteiger charge is -2.40. The van der Waals surface area contributed by atoms with E-state index in [0.717, 1.165) is 56.3 Å². The van der Waals surface area contributed by atoms with Gasteiger partial charge in [-0.05, 0) is 55.5 Å². The second-order valence-corrected chi connectivity index (χ2v) is 7.88. The largest absolute Gasteiger partial charge is 0.448 e. The van der Waals surface area contributed by atoms with Crippen LogP contribution in [0.5, 0.6) is 11.5 Å². The highest BCUT2D eigenvalue weighted by Gasteiger charge is 2.46. The van der Waals surface area contributed by atoms with Crippen molar-refractivity contribution < 1.29 is 18.7 Å². The van der Waals surface area contributed by atoms with Crippen LogP contribution < -0.4 is 14.8 Å². The molecule has 140 valence electrons. The van der Waals surface area contributed by atoms with Crippen LogP contribution in [0, 0.1) is 5.82 Å². The molecule has 0 aromatic heterocycles. The second kappa shape index (κ2) is 5.98. The number of rotatable bonds is 3. The van der Waals surface area contributed by atoms with Crippen LogP contribution in [0.15, 0.2) is 42.5 Å². The van der Waals surface area contributed by atoms with Crippen molar-refractivity contribution >= 4 is 11.6 Å². The van der Waals surface area contributed by atoms with Gasteiger partial charge in [0, 0.05) is 24.6 Å². The molecule has 1 aliphatic heterocycles. The van der Waals surface area contributed by atoms with Crippen LogP contribution in [0.3, 0.4) is 0 Å². The van der Waals surface area contributed by atoms with Crippen molar-refractivity contribution in [2.45, 2.75) is 56.1 Å². The van der Waals surface area contributed by atoms with Gasteiger partial charge in [0.05, 0.1) is 5.41 Å². The van der Waals surface area contributed by atoms with Crippen LogP contribution in [0.4, 0.5) is 10.1 Å². The molecule has 4 nitrogen and oxygen atoms in total. The molecule has 2 aromatic rings. The molecule has 3 aliphatic rings. The van der Waals surface area contributed by atoms with Crippen molar-refractivity contribution in [1.29, 1.82) is 0 Å². The van der Waals surface area contributed by atoms with Crippen LogP contribution in [0.1, 0.15) is 50.5 Å². The Hall–Kier alpha value is -2.56. The number of carbonyl (C=O) groups is 1. The first-order chi connectivity index (χ1) is 13.1. The van der Waals surface area contributed by atoms with E-state index in [-0.39, 0.29) is 11.7 Å². The van der Waals surface area contributed by atoms with E-state index in [2.05, 4.69) is 5.32 Å². The van der Waals surface area contributed by atoms with Gasteiger partial charge in [-0.25, -0.2) is 4.39 Å². The number of hydrogen-bond acceptors (Lipinski definition) is 3. The van der Waals surface area contributed by atoms with Gasteiger partial charge in [0.25, 0.3) is 5.79 Å². The van der Waals surface area contributed by atoms with Crippen molar-refractivity contribution in [3.05, 3.63) is 53.8 Å². The molecule has 5 rings (SSSR count). The quantitative estimate of drug-likeness (QED) is 0.837. The van der Waals surface area contributed by atoms with Crippen molar-refractivity contribution in [3.8, 4) is 11.5 Å². The summed E-state index contributed by atoms with van der Waals surface area (Å²) in [5, 5.41) is 3.01. The molecule has 0 radical (unpaired) electrons. The van der Waals surface area contributed by atoms with Gasteiger partial charge >= 0.3 is 0 Å². The predicted octanol–water partition coefficient (Wildman–Crippen LogP) is 4.93. The number of benzene rings is 2. The topological polar surface area (TPSA) is 47.6 Å². The van der Waals surface area contributed by atoms with Crippen LogP contribution >= 0.6 is 0 Å². The summed E-state index contributed by atoms with van der Waals surface area (Å²) in [5.74, 6) is 0.508. The fraction of sp³-hybridized carbons (Fsp3) is 0.409. The van der Waals surface area contributed by atoms with Crippen molar-refractivity contribution in [2.75, 3.05) is 5.32 Å². The molecule has 27 heavy (non-hydrogen) atoms. The maximum Gasteiger partial charge on any atom is 0.251 e. The first-order valence-corrected chi connectivity index (χ1v) is 9.68. The Kier molecular flexibility index (Phi) is 3.67. The summed E-state index contributed by atoms with van der Waals surface area (Å²) in [6.45, 7) is 0. The number of anilines is 1. The van der Waals surface area contributed by atoms with Gasteiger partial charge in [-0.15, -0.1) is 0 Å². The zero-order valence-electron chi connectivity index (χ0n) is 15.1. The van der Waals surface area contributed by atoms with Gasteiger partial charge in [-0.1, -0.05) is 18.6 Å². The molecule has 1 N–H and O–H groups in total. The highest BCUT2D eigenvalue weighted by atomic mass is 19.1. The number of nitrogens with one attached hydrogen (secondary N) is 1. The third-order valence-electron chi connectivity index (χ3n) is 6.18. The third kappa shape index (κ3) is 2.68. The van der Waals surface area contributed by atoms with E-state index < -0.39 is 11.2 Å². The molecule has 2 aromatic carbocycles. The number of hydrogen-bond donors (Lipinski definition) is 1. The summed E-state index contributed by atoms with van der Waals surface area (Å²) < 4.78 is 25.8. The van der Waals surface area contributed by atoms with E-state index in [1.807, 2.05) is 24.3 Å². The van der Waals surface area contributed by atoms with Crippen molar-refractivity contribution in [1.82, 2.24) is 0 Å². The van der Waals surface area contributed by atoms with E-state index in [1.54, 1.807) is 6.07 Å². The first-order valence-electron chi connectivity index (χ1n) is 9.68. The summed E-state index contributed by atoms with van der Waals surface area (Å²) in [6, 6.07) is 11.9. The molecule has 2 fully saturated rings. The Balaban J connectivity index is 1.37. The molecular weight excluding hydrogens is 345 g/mol. The molecular formula is C22H22FNO3. The van der Waals surface area contributed by atoms with Gasteiger partial charge in [-0.2, -0.15) is 0 Å². The molecule has 0 saturated heterocycles. The van der Waals surface area contributed by atoms with E-state index in [1.165, 1.54) is 12.1 Å². The third-order valence-corrected chi connectivity index (χ3v) is 6.18. The Morgan fingerprint density at radius 3 is 2.41 bits per heavy atom. The molecule has 5 heteroatoms. The Morgan fingerprint density at radius 2 is 1.70 bits per heavy atom. The zero-order chi connectivity index (χ0) is 18.5. The molecule has 1 spiro atoms. The lowest BCUT2D eigenvalue weighted by Crippen LogP contribution is -2.46. The lowest BCUT2D eigenvalue weighted by atomic mass is 9.63. The number of carbonyl (C=O) groups excluding carboxylic acids is 1. The van der Waals surface area contributed by atoms with Gasteiger partial charge in [-0.3, -0.25) is 4.79 Å². The van der Waals surface area contributed by atoms with Crippen LogP contribution in [-0.2, 0) is 10.2 Å². The fourth-order valence-electron chi connectivity index (χ4n) is 4.50. The summed E-state index contributed by atoms with van der Waals surface area (Å²) in [7, 11) is 0. The second-order valence-electron chi connectivity index (χ2n) is 7.88. The van der Waals surface area contributed by atoms with E-state index in [4.69, 9.17) is 9.47 Å². The molecule has 0 atom stereocenters. The number of fused-ring (bicyclic) bond motifs is 1. The molecule has 0 bridgehead atoms. The van der Waals surface area contributed by atoms with Crippen molar-refractivity contribution in [3.63, 3.8) is 0 Å². The Labute approximate surface area is 157 Å². The maximum absolute atomic E-state index is 13.7. The average Bonchev–Trinajstić information content (AvgIpc) is 3.20. The standard InChI is InChI=1S/C22H22FNO3/c23-16-6-3-5-15(13-16)21(9-4-10-21)20(25)24-17-7-8-18-19(14-17)27-22(26-18)11-1-2-12-22/h3,5-8,13-14H,1-2,4,9-12H2,(H,24,25). The highest BCUT2D eigenvalue weighted by Crippen LogP contribution is 2.48. The predicted molar refractivity (Wildman–Crippen MR) is 99.5 cm³/mol. The number of halogens is 1. The van der Waals surface area contributed by atoms with Gasteiger partial charge in [0.2, 0.25) is 5.91 Å². The summed E-state index contributed by atoms with van der Waals surface area (Å²) in [6.07, 6.45) is 6.43. The fourth-order valence-corrected chi connectivity index (χ4v) is 4.50. The van der Waals surface area contributed by atoms with Crippen LogP contribution in [0.2, 0.25) is 0 Å². The number of ether oxygens (including phenoxy) is 2. The molecule has 1 amide bonds. The molecule has 2 saturated carbocycles. The van der Waals surface area contributed by atoms with Crippen LogP contribution in [-0.4, -0.2) is 11.7 Å². The van der Waals surface area contributed by atoms with Crippen molar-refractivity contribution in [2.24, 2.45) is 0 Å². The monoisotopic (exact) mass is 367 g/mol. The lowest BCUT2D eigenvalue weighted by molar-refractivity contribution is -0.124. The maximum atomic E-state index is 13.7. The SMILES string of the molecule is O=C(Nc1ccc2c(c1)OC1(CCCC1)O2)C1(c2cccc(F)c2)CCC1. The van der Waals surface area contributed by atoms with Crippen LogP contribution in [0.25, 0.3) is 0 Å². The zero-order valence-corrected chi connectivity index (χ0v) is 15.1. The molecule has 2 aliphatic carbocycles. The van der Waals surface area contributed by atoms with E-state index in [0.29, 0.717) is 11.4 Å². The summed E-state index contributed by atoms with van der Waals surface area (Å²) >= 11 is 0. The first kappa shape index (κ1) is 16.6. The minimum atomic E-state index is -0.648. The normalized spacial score (nSPS) is 21.1. The molecule has 1 heterocycles. The summed E-state index contributed by atoms with van der Waals surface area (Å²) in [5.41, 5.74) is 0.780. The van der Waals surface area contributed by atoms with Gasteiger partial charge in [0.1, 0.15) is 5.82 Å². The molecule has 0 unspecified atom stereocenters. The summed E-state index contributed by atoms with van der Waals surface area (Å²) in [4.78, 5) is 13.1. The minimum Gasteiger partial charge on any atom is -0.448 e. The van der Waals surface area contributed by atoms with Gasteiger partial charge in [0.15, 0.2) is 11.5 Å². The average molecular weight is 367 g/mol.